The first-order chi connectivity index (χ1) is 20.5. The summed E-state index contributed by atoms with van der Waals surface area (Å²) in [5.74, 6) is -3.19. The predicted molar refractivity (Wildman–Crippen MR) is 142 cm³/mol. The number of pyridine rings is 1. The van der Waals surface area contributed by atoms with E-state index in [1.165, 1.54) is 0 Å². The summed E-state index contributed by atoms with van der Waals surface area (Å²) < 4.78 is 125. The smallest absolute Gasteiger partial charge is 0.417 e. The van der Waals surface area contributed by atoms with Crippen LogP contribution in [0.4, 0.5) is 46.6 Å². The van der Waals surface area contributed by atoms with Gasteiger partial charge < -0.3 is 30.9 Å². The van der Waals surface area contributed by atoms with Crippen LogP contribution in [0.15, 0.2) is 6.07 Å². The van der Waals surface area contributed by atoms with Crippen molar-refractivity contribution in [2.24, 2.45) is 5.41 Å². The number of hydrogen-bond acceptors (Lipinski definition) is 9. The number of nitrogen functional groups attached to an aromatic ring is 1. The maximum Gasteiger partial charge on any atom is 0.417 e. The number of alkyl halides is 6. The fourth-order valence-electron chi connectivity index (χ4n) is 5.11. The van der Waals surface area contributed by atoms with Crippen LogP contribution < -0.4 is 25.8 Å². The quantitative estimate of drug-likeness (QED) is 0.223. The molecule has 1 fully saturated rings. The predicted octanol–water partition coefficient (Wildman–Crippen LogP) is 5.13. The van der Waals surface area contributed by atoms with Crippen LogP contribution in [0, 0.1) is 24.0 Å². The molecule has 0 bridgehead atoms. The first-order valence-corrected chi connectivity index (χ1v) is 13.6. The molecule has 1 aliphatic heterocycles. The maximum atomic E-state index is 16.4. The van der Waals surface area contributed by atoms with Crippen molar-refractivity contribution in [3.63, 3.8) is 0 Å². The molecule has 0 saturated heterocycles. The van der Waals surface area contributed by atoms with Gasteiger partial charge in [-0.15, -0.1) is 0 Å². The molecule has 9 nitrogen and oxygen atoms in total. The van der Waals surface area contributed by atoms with Crippen LogP contribution in [0.3, 0.4) is 0 Å². The van der Waals surface area contributed by atoms with Gasteiger partial charge in [0.15, 0.2) is 11.9 Å². The lowest BCUT2D eigenvalue weighted by atomic mass is 9.96. The highest BCUT2D eigenvalue weighted by Gasteiger charge is 2.60. The van der Waals surface area contributed by atoms with E-state index >= 15 is 4.39 Å². The minimum Gasteiger partial charge on any atom is -0.474 e. The first kappa shape index (κ1) is 31.7. The Labute approximate surface area is 245 Å². The number of ether oxygens (including phenoxy) is 2. The molecule has 0 radical (unpaired) electrons. The second-order valence-electron chi connectivity index (χ2n) is 11.0. The molecule has 2 unspecified atom stereocenters. The van der Waals surface area contributed by atoms with Crippen molar-refractivity contribution in [2.45, 2.75) is 57.7 Å². The molecule has 1 saturated carbocycles. The Morgan fingerprint density at radius 2 is 1.80 bits per heavy atom. The second-order valence-corrected chi connectivity index (χ2v) is 11.0. The van der Waals surface area contributed by atoms with Crippen molar-refractivity contribution >= 4 is 22.4 Å². The first-order valence-electron chi connectivity index (χ1n) is 13.6. The molecule has 5 rings (SSSR count). The van der Waals surface area contributed by atoms with Crippen molar-refractivity contribution in [1.82, 2.24) is 20.3 Å². The lowest BCUT2D eigenvalue weighted by molar-refractivity contribution is -0.227. The number of benzene rings is 1. The summed E-state index contributed by atoms with van der Waals surface area (Å²) in [7, 11) is 0. The zero-order valence-electron chi connectivity index (χ0n) is 23.4. The van der Waals surface area contributed by atoms with Gasteiger partial charge in [0.25, 0.3) is 0 Å². The van der Waals surface area contributed by atoms with Crippen molar-refractivity contribution < 1.29 is 49.7 Å². The van der Waals surface area contributed by atoms with Crippen molar-refractivity contribution in [1.29, 1.82) is 0 Å². The highest BCUT2D eigenvalue weighted by molar-refractivity contribution is 5.96. The molecule has 2 aromatic heterocycles. The average Bonchev–Trinajstić information content (AvgIpc) is 3.72. The molecular weight excluding hydrogens is 608 g/mol. The van der Waals surface area contributed by atoms with Crippen molar-refractivity contribution in [3.8, 4) is 23.1 Å². The third kappa shape index (κ3) is 5.98. The van der Waals surface area contributed by atoms with Gasteiger partial charge in [0.05, 0.1) is 24.0 Å². The molecule has 0 spiro atoms. The fourth-order valence-corrected chi connectivity index (χ4v) is 5.11. The van der Waals surface area contributed by atoms with E-state index < -0.39 is 87.8 Å². The summed E-state index contributed by atoms with van der Waals surface area (Å²) >= 11 is 0. The SMILES string of the molecule is Cc1c(F)c(N)cc(-c2nc3c4c(nc(OCC5(C(O)C(F)(F)F)CC5)nc4c2F)NCCNCCC(C)O3)c1C(F)(F)F. The van der Waals surface area contributed by atoms with E-state index in [-0.39, 0.29) is 36.5 Å². The summed E-state index contributed by atoms with van der Waals surface area (Å²) in [6, 6.07) is 0.00488. The number of nitrogens with two attached hydrogens (primary N) is 1. The number of aliphatic hydroxyl groups is 1. The largest absolute Gasteiger partial charge is 0.474 e. The number of anilines is 2. The normalized spacial score (nSPS) is 19.5. The van der Waals surface area contributed by atoms with Gasteiger partial charge in [0, 0.05) is 24.1 Å². The monoisotopic (exact) mass is 636 g/mol. The number of hydrogen-bond donors (Lipinski definition) is 4. The minimum absolute atomic E-state index is 0.0120. The third-order valence-corrected chi connectivity index (χ3v) is 7.70. The lowest BCUT2D eigenvalue weighted by Gasteiger charge is -2.24. The third-order valence-electron chi connectivity index (χ3n) is 7.70. The topological polar surface area (TPSA) is 127 Å². The van der Waals surface area contributed by atoms with Gasteiger partial charge in [-0.25, -0.2) is 13.8 Å². The highest BCUT2D eigenvalue weighted by Crippen LogP contribution is 2.53. The Morgan fingerprint density at radius 3 is 2.43 bits per heavy atom. The van der Waals surface area contributed by atoms with Gasteiger partial charge in [-0.2, -0.15) is 36.3 Å². The van der Waals surface area contributed by atoms with Crippen LogP contribution >= 0.6 is 0 Å². The number of aliphatic hydroxyl groups excluding tert-OH is 1. The van der Waals surface area contributed by atoms with Crippen LogP contribution in [0.25, 0.3) is 22.2 Å². The standard InChI is InChI=1S/C27H28F8N6O3/c1-11-3-6-37-7-8-38-21-15-20(40-24(41-21)43-10-25(4-5-25)23(42)27(33,34)35)18(29)19(39-22(15)44-11)13-9-14(36)17(28)12(2)16(13)26(30,31)32/h9,11,23,37,42H,3-8,10,36H2,1-2H3,(H,38,40,41). The molecule has 17 heteroatoms. The van der Waals surface area contributed by atoms with Gasteiger partial charge in [0.1, 0.15) is 28.2 Å². The lowest BCUT2D eigenvalue weighted by Crippen LogP contribution is -2.40. The molecule has 3 aromatic rings. The summed E-state index contributed by atoms with van der Waals surface area (Å²) in [6.45, 7) is 2.92. The van der Waals surface area contributed by atoms with E-state index in [4.69, 9.17) is 15.2 Å². The number of nitrogens with zero attached hydrogens (tertiary/aromatic N) is 3. The Balaban J connectivity index is 1.72. The summed E-state index contributed by atoms with van der Waals surface area (Å²) in [5.41, 5.74) is -1.51. The zero-order valence-corrected chi connectivity index (χ0v) is 23.4. The van der Waals surface area contributed by atoms with Gasteiger partial charge in [-0.1, -0.05) is 0 Å². The summed E-state index contributed by atoms with van der Waals surface area (Å²) in [5, 5.41) is 15.7. The van der Waals surface area contributed by atoms with E-state index in [2.05, 4.69) is 25.6 Å². The molecule has 2 atom stereocenters. The molecule has 44 heavy (non-hydrogen) atoms. The maximum absolute atomic E-state index is 16.4. The highest BCUT2D eigenvalue weighted by atomic mass is 19.4. The number of halogens is 8. The van der Waals surface area contributed by atoms with E-state index in [1.807, 2.05) is 0 Å². The van der Waals surface area contributed by atoms with Crippen LogP contribution in [0.5, 0.6) is 11.9 Å². The van der Waals surface area contributed by atoms with Crippen LogP contribution in [-0.4, -0.2) is 64.7 Å². The Hall–Kier alpha value is -3.73. The van der Waals surface area contributed by atoms with Gasteiger partial charge in [-0.05, 0) is 51.3 Å². The van der Waals surface area contributed by atoms with Crippen molar-refractivity contribution in [2.75, 3.05) is 37.3 Å². The Morgan fingerprint density at radius 1 is 1.09 bits per heavy atom. The number of nitrogens with one attached hydrogen (secondary N) is 2. The molecule has 3 heterocycles. The minimum atomic E-state index is -5.15. The summed E-state index contributed by atoms with van der Waals surface area (Å²) in [6.07, 6.45) is -12.9. The number of rotatable bonds is 5. The molecule has 1 aliphatic carbocycles. The molecule has 240 valence electrons. The molecule has 1 aromatic carbocycles. The molecule has 2 aliphatic rings. The summed E-state index contributed by atoms with van der Waals surface area (Å²) in [4.78, 5) is 12.3. The molecule has 0 amide bonds. The van der Waals surface area contributed by atoms with E-state index in [0.717, 1.165) is 6.92 Å². The van der Waals surface area contributed by atoms with Gasteiger partial charge >= 0.3 is 18.4 Å². The van der Waals surface area contributed by atoms with Crippen LogP contribution in [-0.2, 0) is 6.18 Å². The Bertz CT molecular complexity index is 1580. The Kier molecular flexibility index (Phi) is 8.15. The van der Waals surface area contributed by atoms with Crippen molar-refractivity contribution in [3.05, 3.63) is 28.8 Å². The molecular formula is C27H28F8N6O3. The fraction of sp³-hybridized carbons (Fsp3) is 0.519. The van der Waals surface area contributed by atoms with E-state index in [1.54, 1.807) is 6.92 Å². The van der Waals surface area contributed by atoms with E-state index in [0.29, 0.717) is 25.6 Å². The zero-order chi connectivity index (χ0) is 32.2. The van der Waals surface area contributed by atoms with Crippen LogP contribution in [0.2, 0.25) is 0 Å². The van der Waals surface area contributed by atoms with Gasteiger partial charge in [-0.3, -0.25) is 0 Å². The van der Waals surface area contributed by atoms with Crippen LogP contribution in [0.1, 0.15) is 37.3 Å². The van der Waals surface area contributed by atoms with Gasteiger partial charge in [0.2, 0.25) is 5.88 Å². The van der Waals surface area contributed by atoms with E-state index in [9.17, 15) is 35.8 Å². The second kappa shape index (κ2) is 11.3. The average molecular weight is 637 g/mol. The molecule has 5 N–H and O–H groups in total. The number of aromatic nitrogens is 3.